The van der Waals surface area contributed by atoms with Crippen LogP contribution in [0.4, 0.5) is 4.39 Å². The van der Waals surface area contributed by atoms with Gasteiger partial charge in [0.1, 0.15) is 0 Å². The Morgan fingerprint density at radius 1 is 1.40 bits per heavy atom. The predicted octanol–water partition coefficient (Wildman–Crippen LogP) is 1.35. The molecule has 0 aromatic rings. The number of ether oxygens (including phenoxy) is 2. The van der Waals surface area contributed by atoms with E-state index in [1.165, 1.54) is 0 Å². The predicted molar refractivity (Wildman–Crippen MR) is 35.4 cm³/mol. The maximum absolute atomic E-state index is 12.0. The molecule has 0 amide bonds. The van der Waals surface area contributed by atoms with Crippen LogP contribution in [0.15, 0.2) is 0 Å². The quantitative estimate of drug-likeness (QED) is 0.559. The van der Waals surface area contributed by atoms with E-state index in [1.54, 1.807) is 0 Å². The summed E-state index contributed by atoms with van der Waals surface area (Å²) in [6, 6.07) is 0. The normalized spacial score (nSPS) is 26.7. The largest absolute Gasteiger partial charge is 0.350 e. The number of hydrogen-bond acceptors (Lipinski definition) is 2. The van der Waals surface area contributed by atoms with Crippen molar-refractivity contribution >= 4 is 0 Å². The van der Waals surface area contributed by atoms with E-state index in [-0.39, 0.29) is 12.6 Å². The molecule has 0 unspecified atom stereocenters. The van der Waals surface area contributed by atoms with E-state index < -0.39 is 5.79 Å². The van der Waals surface area contributed by atoms with Gasteiger partial charge in [0.05, 0.1) is 19.9 Å². The van der Waals surface area contributed by atoms with Crippen LogP contribution in [-0.2, 0) is 9.47 Å². The highest BCUT2D eigenvalue weighted by molar-refractivity contribution is 4.66. The Bertz CT molecular complexity index is 104. The minimum Gasteiger partial charge on any atom is -0.350 e. The van der Waals surface area contributed by atoms with Crippen molar-refractivity contribution < 1.29 is 13.9 Å². The molecule has 10 heavy (non-hydrogen) atoms. The first-order valence-corrected chi connectivity index (χ1v) is 3.48. The van der Waals surface area contributed by atoms with Gasteiger partial charge in [0, 0.05) is 5.92 Å². The molecule has 0 N–H and O–H groups in total. The van der Waals surface area contributed by atoms with Crippen molar-refractivity contribution in [1.82, 2.24) is 0 Å². The molecular weight excluding hydrogens is 135 g/mol. The average molecular weight is 148 g/mol. The maximum atomic E-state index is 12.0. The van der Waals surface area contributed by atoms with Gasteiger partial charge >= 0.3 is 0 Å². The van der Waals surface area contributed by atoms with E-state index in [1.807, 2.05) is 13.8 Å². The van der Waals surface area contributed by atoms with Gasteiger partial charge in [-0.1, -0.05) is 0 Å². The molecule has 0 aromatic heterocycles. The molecule has 0 spiro atoms. The minimum atomic E-state index is -0.508. The van der Waals surface area contributed by atoms with Gasteiger partial charge in [-0.15, -0.1) is 0 Å². The monoisotopic (exact) mass is 148 g/mol. The van der Waals surface area contributed by atoms with E-state index in [0.717, 1.165) is 0 Å². The highest BCUT2D eigenvalue weighted by Crippen LogP contribution is 2.20. The summed E-state index contributed by atoms with van der Waals surface area (Å²) in [4.78, 5) is 0. The molecule has 60 valence electrons. The van der Waals surface area contributed by atoms with Crippen LogP contribution in [0.5, 0.6) is 0 Å². The smallest absolute Gasteiger partial charge is 0.162 e. The number of rotatable bonds is 1. The van der Waals surface area contributed by atoms with Crippen molar-refractivity contribution in [2.45, 2.75) is 19.6 Å². The first-order valence-electron chi connectivity index (χ1n) is 3.48. The van der Waals surface area contributed by atoms with Gasteiger partial charge < -0.3 is 9.47 Å². The summed E-state index contributed by atoms with van der Waals surface area (Å²) >= 11 is 0. The molecule has 1 fully saturated rings. The van der Waals surface area contributed by atoms with Gasteiger partial charge in [0.25, 0.3) is 0 Å². The standard InChI is InChI=1S/C7H13FO2/c1-7(2)9-4-6(3-8)5-10-7/h6H,3-5H2,1-2H3. The van der Waals surface area contributed by atoms with Crippen LogP contribution in [0.25, 0.3) is 0 Å². The molecule has 0 saturated carbocycles. The fourth-order valence-corrected chi connectivity index (χ4v) is 0.816. The SMILES string of the molecule is CC1(C)OCC(CF)CO1. The van der Waals surface area contributed by atoms with Crippen molar-refractivity contribution in [3.8, 4) is 0 Å². The Hall–Kier alpha value is -0.150. The van der Waals surface area contributed by atoms with E-state index in [2.05, 4.69) is 0 Å². The summed E-state index contributed by atoms with van der Waals surface area (Å²) < 4.78 is 22.4. The molecule has 0 atom stereocenters. The van der Waals surface area contributed by atoms with Crippen LogP contribution >= 0.6 is 0 Å². The lowest BCUT2D eigenvalue weighted by molar-refractivity contribution is -0.263. The summed E-state index contributed by atoms with van der Waals surface area (Å²) in [5.41, 5.74) is 0. The summed E-state index contributed by atoms with van der Waals surface area (Å²) in [6.45, 7) is 4.27. The molecule has 1 saturated heterocycles. The minimum absolute atomic E-state index is 0.0620. The molecule has 0 aromatic carbocycles. The number of hydrogen-bond donors (Lipinski definition) is 0. The lowest BCUT2D eigenvalue weighted by Gasteiger charge is -2.33. The van der Waals surface area contributed by atoms with Gasteiger partial charge in [-0.3, -0.25) is 4.39 Å². The second-order valence-corrected chi connectivity index (χ2v) is 3.04. The van der Waals surface area contributed by atoms with Crippen LogP contribution in [0.1, 0.15) is 13.8 Å². The van der Waals surface area contributed by atoms with E-state index in [4.69, 9.17) is 9.47 Å². The van der Waals surface area contributed by atoms with E-state index in [0.29, 0.717) is 13.2 Å². The second-order valence-electron chi connectivity index (χ2n) is 3.04. The molecule has 3 heteroatoms. The Morgan fingerprint density at radius 3 is 2.30 bits per heavy atom. The summed E-state index contributed by atoms with van der Waals surface area (Å²) in [5, 5.41) is 0. The molecule has 1 heterocycles. The third-order valence-electron chi connectivity index (χ3n) is 1.55. The third kappa shape index (κ3) is 1.92. The number of halogens is 1. The maximum Gasteiger partial charge on any atom is 0.162 e. The van der Waals surface area contributed by atoms with Crippen molar-refractivity contribution in [3.63, 3.8) is 0 Å². The Balaban J connectivity index is 2.31. The molecule has 1 aliphatic rings. The Labute approximate surface area is 60.3 Å². The molecule has 1 rings (SSSR count). The molecule has 1 aliphatic heterocycles. The van der Waals surface area contributed by atoms with Crippen molar-refractivity contribution in [2.24, 2.45) is 5.92 Å². The summed E-state index contributed by atoms with van der Waals surface area (Å²) in [6.07, 6.45) is 0. The van der Waals surface area contributed by atoms with E-state index in [9.17, 15) is 4.39 Å². The summed E-state index contributed by atoms with van der Waals surface area (Å²) in [7, 11) is 0. The zero-order chi connectivity index (χ0) is 7.61. The summed E-state index contributed by atoms with van der Waals surface area (Å²) in [5.74, 6) is -0.570. The fourth-order valence-electron chi connectivity index (χ4n) is 0.816. The molecule has 0 radical (unpaired) electrons. The van der Waals surface area contributed by atoms with Crippen LogP contribution in [0.2, 0.25) is 0 Å². The highest BCUT2D eigenvalue weighted by atomic mass is 19.1. The van der Waals surface area contributed by atoms with Crippen LogP contribution in [0, 0.1) is 5.92 Å². The van der Waals surface area contributed by atoms with Crippen LogP contribution in [-0.4, -0.2) is 25.7 Å². The van der Waals surface area contributed by atoms with Gasteiger partial charge in [-0.05, 0) is 13.8 Å². The van der Waals surface area contributed by atoms with Crippen molar-refractivity contribution in [3.05, 3.63) is 0 Å². The average Bonchev–Trinajstić information content (AvgIpc) is 1.88. The zero-order valence-electron chi connectivity index (χ0n) is 6.39. The van der Waals surface area contributed by atoms with Crippen molar-refractivity contribution in [1.29, 1.82) is 0 Å². The zero-order valence-corrected chi connectivity index (χ0v) is 6.39. The van der Waals surface area contributed by atoms with Crippen LogP contribution < -0.4 is 0 Å². The fraction of sp³-hybridized carbons (Fsp3) is 1.00. The second kappa shape index (κ2) is 2.84. The van der Waals surface area contributed by atoms with Gasteiger partial charge in [0.15, 0.2) is 5.79 Å². The van der Waals surface area contributed by atoms with Crippen molar-refractivity contribution in [2.75, 3.05) is 19.9 Å². The van der Waals surface area contributed by atoms with Gasteiger partial charge in [0.2, 0.25) is 0 Å². The van der Waals surface area contributed by atoms with Gasteiger partial charge in [-0.25, -0.2) is 0 Å². The molecular formula is C7H13FO2. The topological polar surface area (TPSA) is 18.5 Å². The third-order valence-corrected chi connectivity index (χ3v) is 1.55. The highest BCUT2D eigenvalue weighted by Gasteiger charge is 2.27. The van der Waals surface area contributed by atoms with E-state index >= 15 is 0 Å². The number of alkyl halides is 1. The Kier molecular flexibility index (Phi) is 2.26. The van der Waals surface area contributed by atoms with Crippen LogP contribution in [0.3, 0.4) is 0 Å². The first kappa shape index (κ1) is 7.95. The lowest BCUT2D eigenvalue weighted by atomic mass is 10.2. The van der Waals surface area contributed by atoms with Gasteiger partial charge in [-0.2, -0.15) is 0 Å². The first-order chi connectivity index (χ1) is 4.64. The lowest BCUT2D eigenvalue weighted by Crippen LogP contribution is -2.39. The Morgan fingerprint density at radius 2 is 1.90 bits per heavy atom. The molecule has 0 aliphatic carbocycles. The molecule has 0 bridgehead atoms. The molecule has 2 nitrogen and oxygen atoms in total.